The number of fused-ring (bicyclic) bond motifs is 10. The van der Waals surface area contributed by atoms with Crippen LogP contribution >= 0.6 is 0 Å². The van der Waals surface area contributed by atoms with E-state index in [-0.39, 0.29) is 0 Å². The first kappa shape index (κ1) is 30.6. The highest BCUT2D eigenvalue weighted by Crippen LogP contribution is 2.44. The maximum absolute atomic E-state index is 2.44. The highest BCUT2D eigenvalue weighted by molar-refractivity contribution is 6.33. The maximum Gasteiger partial charge on any atom is -0.00199 e. The molecular weight excluding hydrogens is 649 g/mol. The first-order chi connectivity index (χ1) is 26.8. The zero-order chi connectivity index (χ0) is 35.6. The molecule has 0 unspecified atom stereocenters. The van der Waals surface area contributed by atoms with Gasteiger partial charge in [-0.05, 0) is 133 Å². The first-order valence-corrected chi connectivity index (χ1v) is 18.7. The van der Waals surface area contributed by atoms with Crippen LogP contribution in [-0.4, -0.2) is 0 Å². The Hall–Kier alpha value is -7.02. The van der Waals surface area contributed by atoms with Crippen LogP contribution in [0.3, 0.4) is 0 Å². The van der Waals surface area contributed by atoms with E-state index in [2.05, 4.69) is 206 Å². The van der Waals surface area contributed by atoms with Gasteiger partial charge in [0.2, 0.25) is 0 Å². The smallest absolute Gasteiger partial charge is 0.00199 e. The van der Waals surface area contributed by atoms with E-state index in [1.807, 2.05) is 0 Å². The van der Waals surface area contributed by atoms with Crippen molar-refractivity contribution in [2.75, 3.05) is 0 Å². The molecule has 250 valence electrons. The molecule has 0 spiro atoms. The molecule has 0 saturated carbocycles. The van der Waals surface area contributed by atoms with Crippen molar-refractivity contribution >= 4 is 64.6 Å². The van der Waals surface area contributed by atoms with Crippen molar-refractivity contribution in [1.82, 2.24) is 0 Å². The fourth-order valence-corrected chi connectivity index (χ4v) is 8.79. The average Bonchev–Trinajstić information content (AvgIpc) is 3.25. The highest BCUT2D eigenvalue weighted by Gasteiger charge is 2.16. The molecule has 0 bridgehead atoms. The predicted molar refractivity (Wildman–Crippen MR) is 233 cm³/mol. The van der Waals surface area contributed by atoms with Crippen molar-refractivity contribution in [2.24, 2.45) is 0 Å². The summed E-state index contributed by atoms with van der Waals surface area (Å²) in [4.78, 5) is 0. The molecule has 11 rings (SSSR count). The summed E-state index contributed by atoms with van der Waals surface area (Å²) in [7, 11) is 0. The Balaban J connectivity index is 1.08. The van der Waals surface area contributed by atoms with Crippen molar-refractivity contribution in [3.63, 3.8) is 0 Å². The third-order valence-electron chi connectivity index (χ3n) is 11.4. The van der Waals surface area contributed by atoms with Crippen LogP contribution in [0.1, 0.15) is 0 Å². The van der Waals surface area contributed by atoms with Crippen molar-refractivity contribution in [3.05, 3.63) is 206 Å². The average molecular weight is 683 g/mol. The van der Waals surface area contributed by atoms with Crippen molar-refractivity contribution in [2.45, 2.75) is 0 Å². The van der Waals surface area contributed by atoms with E-state index in [4.69, 9.17) is 0 Å². The summed E-state index contributed by atoms with van der Waals surface area (Å²) in [6, 6.07) is 76.1. The first-order valence-electron chi connectivity index (χ1n) is 18.7. The minimum atomic E-state index is 1.22. The molecule has 0 aliphatic heterocycles. The van der Waals surface area contributed by atoms with Gasteiger partial charge in [0.1, 0.15) is 0 Å². The quantitative estimate of drug-likeness (QED) is 0.162. The second kappa shape index (κ2) is 12.3. The summed E-state index contributed by atoms with van der Waals surface area (Å²) in [5.41, 5.74) is 9.89. The Morgan fingerprint density at radius 1 is 0.185 bits per heavy atom. The van der Waals surface area contributed by atoms with Gasteiger partial charge in [-0.1, -0.05) is 182 Å². The van der Waals surface area contributed by atoms with Gasteiger partial charge in [-0.2, -0.15) is 0 Å². The fraction of sp³-hybridized carbons (Fsp3) is 0. The van der Waals surface area contributed by atoms with Gasteiger partial charge in [-0.15, -0.1) is 0 Å². The van der Waals surface area contributed by atoms with Gasteiger partial charge in [0.25, 0.3) is 0 Å². The molecule has 0 saturated heterocycles. The molecule has 11 aromatic carbocycles. The van der Waals surface area contributed by atoms with E-state index in [1.54, 1.807) is 0 Å². The third kappa shape index (κ3) is 4.92. The molecule has 0 nitrogen and oxygen atoms in total. The van der Waals surface area contributed by atoms with Crippen molar-refractivity contribution in [1.29, 1.82) is 0 Å². The Kier molecular flexibility index (Phi) is 6.97. The van der Waals surface area contributed by atoms with Crippen LogP contribution in [0.15, 0.2) is 206 Å². The molecule has 0 aromatic heterocycles. The molecule has 54 heavy (non-hydrogen) atoms. The minimum absolute atomic E-state index is 1.22. The molecule has 0 atom stereocenters. The van der Waals surface area contributed by atoms with Crippen LogP contribution in [0.25, 0.3) is 109 Å². The van der Waals surface area contributed by atoms with E-state index < -0.39 is 0 Å². The molecule has 0 radical (unpaired) electrons. The number of hydrogen-bond donors (Lipinski definition) is 0. The van der Waals surface area contributed by atoms with E-state index in [0.717, 1.165) is 0 Å². The monoisotopic (exact) mass is 682 g/mol. The van der Waals surface area contributed by atoms with E-state index in [9.17, 15) is 0 Å². The molecule has 0 fully saturated rings. The lowest BCUT2D eigenvalue weighted by Crippen LogP contribution is -1.90. The molecule has 0 aliphatic rings. The summed E-state index contributed by atoms with van der Waals surface area (Å²) in [6.45, 7) is 0. The van der Waals surface area contributed by atoms with E-state index in [1.165, 1.54) is 109 Å². The highest BCUT2D eigenvalue weighted by atomic mass is 14.2. The molecule has 0 aliphatic carbocycles. The van der Waals surface area contributed by atoms with E-state index in [0.29, 0.717) is 0 Å². The zero-order valence-corrected chi connectivity index (χ0v) is 29.6. The van der Waals surface area contributed by atoms with Crippen LogP contribution in [0.5, 0.6) is 0 Å². The topological polar surface area (TPSA) is 0 Å². The van der Waals surface area contributed by atoms with Crippen molar-refractivity contribution in [3.8, 4) is 44.5 Å². The summed E-state index contributed by atoms with van der Waals surface area (Å²) in [6.07, 6.45) is 0. The minimum Gasteiger partial charge on any atom is -0.0616 e. The lowest BCUT2D eigenvalue weighted by molar-refractivity contribution is 1.62. The molecule has 0 amide bonds. The summed E-state index contributed by atoms with van der Waals surface area (Å²) < 4.78 is 0. The van der Waals surface area contributed by atoms with Crippen molar-refractivity contribution < 1.29 is 0 Å². The van der Waals surface area contributed by atoms with Gasteiger partial charge in [0.15, 0.2) is 0 Å². The maximum atomic E-state index is 2.44. The second-order valence-corrected chi connectivity index (χ2v) is 14.4. The molecule has 0 N–H and O–H groups in total. The standard InChI is InChI=1S/C54H34/c1-2-13-39-31-41(28-25-35(39)11-1)40-15-9-16-43(32-40)51-34-53-47-19-6-5-18-46(47)52-33-42(29-30-50(52)54(53)49-21-8-7-20-48(49)51)36-23-26-38(27-24-36)45-22-10-14-37-12-3-4-17-44(37)45/h1-34H. The Labute approximate surface area is 314 Å². The predicted octanol–water partition coefficient (Wildman–Crippen LogP) is 15.3. The van der Waals surface area contributed by atoms with Crippen LogP contribution in [0.4, 0.5) is 0 Å². The van der Waals surface area contributed by atoms with Crippen LogP contribution < -0.4 is 0 Å². The normalized spacial score (nSPS) is 11.7. The SMILES string of the molecule is c1cc(-c2ccc3ccccc3c2)cc(-c2cc3c4ccccc4c4cc(-c5ccc(-c6cccc7ccccc67)cc5)ccc4c3c3ccccc23)c1. The Morgan fingerprint density at radius 2 is 0.722 bits per heavy atom. The Bertz CT molecular complexity index is 3250. The van der Waals surface area contributed by atoms with Gasteiger partial charge in [0.05, 0.1) is 0 Å². The van der Waals surface area contributed by atoms with Gasteiger partial charge >= 0.3 is 0 Å². The molecule has 0 heterocycles. The molecule has 0 heteroatoms. The largest absolute Gasteiger partial charge is 0.0616 e. The summed E-state index contributed by atoms with van der Waals surface area (Å²) in [5.74, 6) is 0. The number of hydrogen-bond acceptors (Lipinski definition) is 0. The lowest BCUT2D eigenvalue weighted by atomic mass is 9.86. The fourth-order valence-electron chi connectivity index (χ4n) is 8.79. The van der Waals surface area contributed by atoms with Gasteiger partial charge in [-0.3, -0.25) is 0 Å². The Morgan fingerprint density at radius 3 is 1.56 bits per heavy atom. The van der Waals surface area contributed by atoms with Gasteiger partial charge in [-0.25, -0.2) is 0 Å². The zero-order valence-electron chi connectivity index (χ0n) is 29.6. The summed E-state index contributed by atoms with van der Waals surface area (Å²) in [5, 5.41) is 15.3. The van der Waals surface area contributed by atoms with E-state index >= 15 is 0 Å². The molecular formula is C54H34. The van der Waals surface area contributed by atoms with Crippen LogP contribution in [0.2, 0.25) is 0 Å². The second-order valence-electron chi connectivity index (χ2n) is 14.4. The lowest BCUT2D eigenvalue weighted by Gasteiger charge is -2.17. The van der Waals surface area contributed by atoms with Crippen LogP contribution in [-0.2, 0) is 0 Å². The summed E-state index contributed by atoms with van der Waals surface area (Å²) >= 11 is 0. The van der Waals surface area contributed by atoms with Crippen LogP contribution in [0, 0.1) is 0 Å². The number of benzene rings is 11. The molecule has 11 aromatic rings. The van der Waals surface area contributed by atoms with Gasteiger partial charge < -0.3 is 0 Å². The number of rotatable bonds is 4. The van der Waals surface area contributed by atoms with Gasteiger partial charge in [0, 0.05) is 0 Å². The third-order valence-corrected chi connectivity index (χ3v) is 11.4.